The summed E-state index contributed by atoms with van der Waals surface area (Å²) >= 11 is 0. The van der Waals surface area contributed by atoms with Gasteiger partial charge in [0.15, 0.2) is 12.4 Å². The number of hydrogen-bond donors (Lipinski definition) is 0. The van der Waals surface area contributed by atoms with Crippen molar-refractivity contribution in [2.24, 2.45) is 5.92 Å². The van der Waals surface area contributed by atoms with Crippen LogP contribution in [0.1, 0.15) is 41.6 Å². The van der Waals surface area contributed by atoms with Gasteiger partial charge in [0.25, 0.3) is 0 Å². The highest BCUT2D eigenvalue weighted by atomic mass is 19.4. The first-order chi connectivity index (χ1) is 13.9. The van der Waals surface area contributed by atoms with Crippen LogP contribution in [-0.2, 0) is 6.54 Å². The maximum atomic E-state index is 12.9. The van der Waals surface area contributed by atoms with Gasteiger partial charge in [-0.05, 0) is 37.3 Å². The van der Waals surface area contributed by atoms with Crippen molar-refractivity contribution < 1.29 is 22.7 Å². The van der Waals surface area contributed by atoms with Crippen molar-refractivity contribution in [3.8, 4) is 5.88 Å². The van der Waals surface area contributed by atoms with Crippen molar-refractivity contribution in [3.63, 3.8) is 0 Å². The molecule has 0 spiro atoms. The monoisotopic (exact) mass is 404 g/mol. The van der Waals surface area contributed by atoms with Crippen LogP contribution in [0.25, 0.3) is 0 Å². The molecule has 2 aliphatic heterocycles. The largest absolute Gasteiger partial charge is 0.468 e. The number of rotatable bonds is 6. The zero-order chi connectivity index (χ0) is 20.4. The molecule has 1 aromatic heterocycles. The second-order valence-electron chi connectivity index (χ2n) is 7.86. The number of Topliss-reactive ketones (excluding diaryl/α,β-unsaturated/α-hetero) is 1. The molecule has 2 aromatic rings. The Bertz CT molecular complexity index is 825. The first-order valence-electron chi connectivity index (χ1n) is 9.88. The average Bonchev–Trinajstić information content (AvgIpc) is 2.94. The molecule has 3 heterocycles. The van der Waals surface area contributed by atoms with Crippen LogP contribution in [0.15, 0.2) is 48.7 Å². The highest BCUT2D eigenvalue weighted by molar-refractivity contribution is 5.97. The van der Waals surface area contributed by atoms with Gasteiger partial charge in [-0.15, -0.1) is 0 Å². The van der Waals surface area contributed by atoms with E-state index in [1.165, 1.54) is 23.9 Å². The Kier molecular flexibility index (Phi) is 5.58. The zero-order valence-corrected chi connectivity index (χ0v) is 15.9. The summed E-state index contributed by atoms with van der Waals surface area (Å²) in [5.74, 6) is -0.170. The molecule has 2 bridgehead atoms. The smallest absolute Gasteiger partial charge is 0.422 e. The van der Waals surface area contributed by atoms with Crippen molar-refractivity contribution in [2.45, 2.75) is 50.5 Å². The number of alkyl halides is 3. The van der Waals surface area contributed by atoms with Gasteiger partial charge in [0.1, 0.15) is 0 Å². The molecule has 2 aliphatic rings. The quantitative estimate of drug-likeness (QED) is 0.658. The van der Waals surface area contributed by atoms with E-state index in [0.717, 1.165) is 32.2 Å². The van der Waals surface area contributed by atoms with Crippen LogP contribution < -0.4 is 4.74 Å². The summed E-state index contributed by atoms with van der Waals surface area (Å²) in [5, 5.41) is 0. The number of aromatic nitrogens is 1. The normalized spacial score (nSPS) is 24.4. The molecule has 0 radical (unpaired) electrons. The summed E-state index contributed by atoms with van der Waals surface area (Å²) in [5.41, 5.74) is 1.72. The maximum absolute atomic E-state index is 12.9. The highest BCUT2D eigenvalue weighted by Gasteiger charge is 2.42. The molecule has 0 aliphatic carbocycles. The number of halogens is 3. The molecule has 2 fully saturated rings. The van der Waals surface area contributed by atoms with Crippen LogP contribution in [-0.4, -0.2) is 40.5 Å². The molecule has 154 valence electrons. The van der Waals surface area contributed by atoms with Crippen LogP contribution in [0.3, 0.4) is 0 Å². The van der Waals surface area contributed by atoms with Crippen LogP contribution in [0.5, 0.6) is 5.88 Å². The minimum Gasteiger partial charge on any atom is -0.468 e. The standard InChI is InChI=1S/C22H23F3N2O2/c23-22(24,25)14-29-20-9-6-16(12-26-20)21(28)17-10-18-7-8-19(11-17)27(18)13-15-4-2-1-3-5-15/h1-6,9,12,17-19H,7-8,10-11,13-14H2. The third-order valence-electron chi connectivity index (χ3n) is 5.87. The molecule has 2 unspecified atom stereocenters. The van der Waals surface area contributed by atoms with E-state index in [-0.39, 0.29) is 17.6 Å². The summed E-state index contributed by atoms with van der Waals surface area (Å²) in [4.78, 5) is 19.3. The van der Waals surface area contributed by atoms with Gasteiger partial charge >= 0.3 is 6.18 Å². The third-order valence-corrected chi connectivity index (χ3v) is 5.87. The number of piperidine rings is 1. The summed E-state index contributed by atoms with van der Waals surface area (Å²) in [7, 11) is 0. The molecule has 0 amide bonds. The van der Waals surface area contributed by atoms with E-state index in [0.29, 0.717) is 17.6 Å². The van der Waals surface area contributed by atoms with Crippen LogP contribution in [0.2, 0.25) is 0 Å². The number of ether oxygens (including phenoxy) is 1. The van der Waals surface area contributed by atoms with Crippen LogP contribution >= 0.6 is 0 Å². The van der Waals surface area contributed by atoms with Crippen LogP contribution in [0, 0.1) is 5.92 Å². The van der Waals surface area contributed by atoms with E-state index < -0.39 is 12.8 Å². The van der Waals surface area contributed by atoms with E-state index in [1.54, 1.807) is 0 Å². The summed E-state index contributed by atoms with van der Waals surface area (Å²) in [6.45, 7) is -0.486. The average molecular weight is 404 g/mol. The zero-order valence-electron chi connectivity index (χ0n) is 15.9. The van der Waals surface area contributed by atoms with Crippen molar-refractivity contribution in [3.05, 3.63) is 59.8 Å². The van der Waals surface area contributed by atoms with E-state index in [9.17, 15) is 18.0 Å². The molecule has 2 atom stereocenters. The maximum Gasteiger partial charge on any atom is 0.422 e. The molecule has 7 heteroatoms. The second kappa shape index (κ2) is 8.14. The molecule has 4 nitrogen and oxygen atoms in total. The van der Waals surface area contributed by atoms with Crippen molar-refractivity contribution in [1.82, 2.24) is 9.88 Å². The lowest BCUT2D eigenvalue weighted by Crippen LogP contribution is -2.44. The van der Waals surface area contributed by atoms with E-state index in [2.05, 4.69) is 26.8 Å². The second-order valence-corrected chi connectivity index (χ2v) is 7.86. The first-order valence-corrected chi connectivity index (χ1v) is 9.88. The van der Waals surface area contributed by atoms with E-state index in [1.807, 2.05) is 18.2 Å². The molecule has 0 saturated carbocycles. The van der Waals surface area contributed by atoms with Crippen molar-refractivity contribution in [1.29, 1.82) is 0 Å². The number of nitrogens with zero attached hydrogens (tertiary/aromatic N) is 2. The minimum absolute atomic E-state index is 0.0242. The summed E-state index contributed by atoms with van der Waals surface area (Å²) in [6.07, 6.45) is 0.742. The Balaban J connectivity index is 1.37. The number of ketones is 1. The van der Waals surface area contributed by atoms with Gasteiger partial charge < -0.3 is 4.74 Å². The molecule has 0 N–H and O–H groups in total. The van der Waals surface area contributed by atoms with Gasteiger partial charge in [0, 0.05) is 42.4 Å². The molecule has 29 heavy (non-hydrogen) atoms. The number of benzene rings is 1. The lowest BCUT2D eigenvalue weighted by molar-refractivity contribution is -0.154. The molecular weight excluding hydrogens is 381 g/mol. The SMILES string of the molecule is O=C(c1ccc(OCC(F)(F)F)nc1)C1CC2CCC(C1)N2Cc1ccccc1. The minimum atomic E-state index is -4.41. The highest BCUT2D eigenvalue weighted by Crippen LogP contribution is 2.40. The van der Waals surface area contributed by atoms with Gasteiger partial charge in [-0.2, -0.15) is 13.2 Å². The Morgan fingerprint density at radius 2 is 1.76 bits per heavy atom. The Morgan fingerprint density at radius 3 is 2.34 bits per heavy atom. The van der Waals surface area contributed by atoms with Gasteiger partial charge in [-0.1, -0.05) is 30.3 Å². The van der Waals surface area contributed by atoms with Gasteiger partial charge in [-0.25, -0.2) is 4.98 Å². The topological polar surface area (TPSA) is 42.4 Å². The Labute approximate surface area is 167 Å². The summed E-state index contributed by atoms with van der Waals surface area (Å²) in [6, 6.07) is 14.0. The number of carbonyl (C=O) groups excluding carboxylic acids is 1. The van der Waals surface area contributed by atoms with Crippen molar-refractivity contribution in [2.75, 3.05) is 6.61 Å². The Morgan fingerprint density at radius 1 is 1.07 bits per heavy atom. The number of pyridine rings is 1. The number of hydrogen-bond acceptors (Lipinski definition) is 4. The molecule has 2 saturated heterocycles. The number of fused-ring (bicyclic) bond motifs is 2. The van der Waals surface area contributed by atoms with Gasteiger partial charge in [0.2, 0.25) is 5.88 Å². The fraction of sp³-hybridized carbons (Fsp3) is 0.455. The molecule has 1 aromatic carbocycles. The summed E-state index contributed by atoms with van der Waals surface area (Å²) < 4.78 is 41.3. The lowest BCUT2D eigenvalue weighted by Gasteiger charge is -2.38. The first kappa shape index (κ1) is 19.9. The predicted octanol–water partition coefficient (Wildman–Crippen LogP) is 4.65. The third kappa shape index (κ3) is 4.78. The van der Waals surface area contributed by atoms with Gasteiger partial charge in [-0.3, -0.25) is 9.69 Å². The van der Waals surface area contributed by atoms with Crippen LogP contribution in [0.4, 0.5) is 13.2 Å². The van der Waals surface area contributed by atoms with E-state index in [4.69, 9.17) is 0 Å². The fourth-order valence-electron chi connectivity index (χ4n) is 4.54. The number of carbonyl (C=O) groups is 1. The van der Waals surface area contributed by atoms with E-state index >= 15 is 0 Å². The Hall–Kier alpha value is -2.41. The fourth-order valence-corrected chi connectivity index (χ4v) is 4.54. The van der Waals surface area contributed by atoms with Gasteiger partial charge in [0.05, 0.1) is 0 Å². The predicted molar refractivity (Wildman–Crippen MR) is 102 cm³/mol. The molecule has 4 rings (SSSR count). The lowest BCUT2D eigenvalue weighted by atomic mass is 9.85. The molecular formula is C22H23F3N2O2. The van der Waals surface area contributed by atoms with Crippen molar-refractivity contribution >= 4 is 5.78 Å².